The average molecular weight is 326 g/mol. The molecule has 2 saturated carbocycles. The summed E-state index contributed by atoms with van der Waals surface area (Å²) in [7, 11) is 1.89. The van der Waals surface area contributed by atoms with Gasteiger partial charge in [-0.15, -0.1) is 0 Å². The van der Waals surface area contributed by atoms with Crippen molar-refractivity contribution in [2.24, 2.45) is 5.92 Å². The summed E-state index contributed by atoms with van der Waals surface area (Å²) >= 11 is 0. The maximum absolute atomic E-state index is 12.2. The van der Waals surface area contributed by atoms with Crippen LogP contribution < -0.4 is 5.32 Å². The second-order valence-electron chi connectivity index (χ2n) is 7.18. The van der Waals surface area contributed by atoms with Gasteiger partial charge in [-0.05, 0) is 50.9 Å². The molecule has 134 valence electrons. The molecule has 0 aliphatic heterocycles. The van der Waals surface area contributed by atoms with Gasteiger partial charge in [0.25, 0.3) is 0 Å². The van der Waals surface area contributed by atoms with E-state index in [0.717, 1.165) is 38.7 Å². The van der Waals surface area contributed by atoms with Gasteiger partial charge in [0, 0.05) is 32.8 Å². The number of nitrogens with zero attached hydrogens (tertiary/aromatic N) is 1. The van der Waals surface area contributed by atoms with Crippen LogP contribution in [0, 0.1) is 5.92 Å². The third-order valence-electron chi connectivity index (χ3n) is 5.45. The molecule has 0 atom stereocenters. The fraction of sp³-hybridized carbons (Fsp3) is 0.944. The number of carbonyl (C=O) groups is 1. The predicted molar refractivity (Wildman–Crippen MR) is 91.4 cm³/mol. The Morgan fingerprint density at radius 1 is 1.13 bits per heavy atom. The number of hydrogen-bond donors (Lipinski definition) is 2. The first-order chi connectivity index (χ1) is 11.2. The number of amides is 2. The van der Waals surface area contributed by atoms with Gasteiger partial charge in [-0.3, -0.25) is 0 Å². The van der Waals surface area contributed by atoms with Crippen LogP contribution in [-0.2, 0) is 4.74 Å². The molecule has 5 heteroatoms. The number of carbonyl (C=O) groups excluding carboxylic acids is 1. The van der Waals surface area contributed by atoms with Gasteiger partial charge in [0.05, 0.1) is 6.10 Å². The van der Waals surface area contributed by atoms with Crippen LogP contribution in [0.2, 0.25) is 0 Å². The summed E-state index contributed by atoms with van der Waals surface area (Å²) in [4.78, 5) is 14.0. The summed E-state index contributed by atoms with van der Waals surface area (Å²) in [5, 5.41) is 12.2. The molecule has 2 aliphatic carbocycles. The molecule has 0 saturated heterocycles. The Morgan fingerprint density at radius 2 is 1.83 bits per heavy atom. The smallest absolute Gasteiger partial charge is 0.317 e. The summed E-state index contributed by atoms with van der Waals surface area (Å²) in [6, 6.07) is 0.339. The Balaban J connectivity index is 1.53. The quantitative estimate of drug-likeness (QED) is 0.707. The second kappa shape index (κ2) is 10.1. The minimum atomic E-state index is 0.0233. The molecule has 0 radical (unpaired) electrons. The molecule has 0 spiro atoms. The van der Waals surface area contributed by atoms with Crippen LogP contribution in [0.1, 0.15) is 64.2 Å². The Labute approximate surface area is 140 Å². The molecule has 2 rings (SSSR count). The van der Waals surface area contributed by atoms with Crippen LogP contribution in [0.4, 0.5) is 4.79 Å². The number of nitrogens with one attached hydrogen (secondary N) is 1. The van der Waals surface area contributed by atoms with Crippen LogP contribution in [0.15, 0.2) is 0 Å². The summed E-state index contributed by atoms with van der Waals surface area (Å²) < 4.78 is 5.88. The van der Waals surface area contributed by atoms with Crippen molar-refractivity contribution in [3.05, 3.63) is 0 Å². The van der Waals surface area contributed by atoms with Crippen molar-refractivity contribution >= 4 is 6.03 Å². The summed E-state index contributed by atoms with van der Waals surface area (Å²) in [6.07, 6.45) is 11.7. The molecule has 0 unspecified atom stereocenters. The Kier molecular flexibility index (Phi) is 8.17. The fourth-order valence-corrected chi connectivity index (χ4v) is 3.75. The Hall–Kier alpha value is -0.810. The number of hydrogen-bond acceptors (Lipinski definition) is 3. The van der Waals surface area contributed by atoms with E-state index in [9.17, 15) is 9.90 Å². The fourth-order valence-electron chi connectivity index (χ4n) is 3.75. The minimum Gasteiger partial charge on any atom is -0.396 e. The zero-order chi connectivity index (χ0) is 16.5. The normalized spacial score (nSPS) is 26.0. The summed E-state index contributed by atoms with van der Waals surface area (Å²) in [6.45, 7) is 1.71. The lowest BCUT2D eigenvalue weighted by atomic mass is 9.86. The van der Waals surface area contributed by atoms with E-state index in [2.05, 4.69) is 5.32 Å². The van der Waals surface area contributed by atoms with Crippen LogP contribution >= 0.6 is 0 Å². The molecule has 0 heterocycles. The maximum atomic E-state index is 12.2. The molecular formula is C18H34N2O3. The zero-order valence-electron chi connectivity index (χ0n) is 14.6. The average Bonchev–Trinajstić information content (AvgIpc) is 2.61. The van der Waals surface area contributed by atoms with Crippen LogP contribution in [0.3, 0.4) is 0 Å². The van der Waals surface area contributed by atoms with E-state index in [1.165, 1.54) is 32.1 Å². The molecule has 2 N–H and O–H groups in total. The maximum Gasteiger partial charge on any atom is 0.317 e. The van der Waals surface area contributed by atoms with E-state index >= 15 is 0 Å². The molecule has 2 fully saturated rings. The molecule has 0 aromatic carbocycles. The van der Waals surface area contributed by atoms with E-state index in [0.29, 0.717) is 24.6 Å². The van der Waals surface area contributed by atoms with Crippen LogP contribution in [0.5, 0.6) is 0 Å². The third-order valence-corrected chi connectivity index (χ3v) is 5.45. The number of rotatable bonds is 7. The standard InChI is InChI=1S/C18H34N2O3/c1-20(16-10-8-15(14-21)9-11-16)18(22)19-12-5-13-23-17-6-3-2-4-7-17/h15-17,21H,2-14H2,1H3,(H,19,22). The number of aliphatic hydroxyl groups is 1. The van der Waals surface area contributed by atoms with Gasteiger partial charge in [0.15, 0.2) is 0 Å². The lowest BCUT2D eigenvalue weighted by Crippen LogP contribution is -2.45. The molecule has 2 aliphatic rings. The SMILES string of the molecule is CN(C(=O)NCCCOC1CCCCC1)C1CCC(CO)CC1. The first-order valence-corrected chi connectivity index (χ1v) is 9.44. The zero-order valence-corrected chi connectivity index (χ0v) is 14.6. The van der Waals surface area contributed by atoms with Crippen molar-refractivity contribution in [1.82, 2.24) is 10.2 Å². The summed E-state index contributed by atoms with van der Waals surface area (Å²) in [5.74, 6) is 0.430. The van der Waals surface area contributed by atoms with Gasteiger partial charge < -0.3 is 20.1 Å². The predicted octanol–water partition coefficient (Wildman–Crippen LogP) is 2.92. The number of aliphatic hydroxyl groups excluding tert-OH is 1. The topological polar surface area (TPSA) is 61.8 Å². The van der Waals surface area contributed by atoms with Crippen LogP contribution in [0.25, 0.3) is 0 Å². The Morgan fingerprint density at radius 3 is 2.48 bits per heavy atom. The monoisotopic (exact) mass is 326 g/mol. The second-order valence-corrected chi connectivity index (χ2v) is 7.18. The van der Waals surface area contributed by atoms with Crippen LogP contribution in [-0.4, -0.2) is 55.0 Å². The van der Waals surface area contributed by atoms with Crippen molar-refractivity contribution in [2.45, 2.75) is 76.4 Å². The summed E-state index contributed by atoms with van der Waals surface area (Å²) in [5.41, 5.74) is 0. The highest BCUT2D eigenvalue weighted by atomic mass is 16.5. The van der Waals surface area contributed by atoms with Gasteiger partial charge in [0.1, 0.15) is 0 Å². The highest BCUT2D eigenvalue weighted by molar-refractivity contribution is 5.74. The van der Waals surface area contributed by atoms with Crippen molar-refractivity contribution in [2.75, 3.05) is 26.8 Å². The van der Waals surface area contributed by atoms with Gasteiger partial charge in [-0.2, -0.15) is 0 Å². The largest absolute Gasteiger partial charge is 0.396 e. The molecule has 0 aromatic rings. The lowest BCUT2D eigenvalue weighted by Gasteiger charge is -2.34. The molecule has 0 aromatic heterocycles. The van der Waals surface area contributed by atoms with E-state index in [1.54, 1.807) is 0 Å². The highest BCUT2D eigenvalue weighted by Gasteiger charge is 2.25. The van der Waals surface area contributed by atoms with Crippen molar-refractivity contribution in [3.8, 4) is 0 Å². The number of ether oxygens (including phenoxy) is 1. The van der Waals surface area contributed by atoms with Crippen molar-refractivity contribution in [1.29, 1.82) is 0 Å². The van der Waals surface area contributed by atoms with Crippen molar-refractivity contribution < 1.29 is 14.6 Å². The number of urea groups is 1. The van der Waals surface area contributed by atoms with E-state index in [1.807, 2.05) is 11.9 Å². The van der Waals surface area contributed by atoms with E-state index in [-0.39, 0.29) is 12.6 Å². The molecule has 5 nitrogen and oxygen atoms in total. The highest BCUT2D eigenvalue weighted by Crippen LogP contribution is 2.26. The van der Waals surface area contributed by atoms with Gasteiger partial charge in [0.2, 0.25) is 0 Å². The first kappa shape index (κ1) is 18.5. The van der Waals surface area contributed by atoms with Gasteiger partial charge in [-0.1, -0.05) is 19.3 Å². The molecule has 2 amide bonds. The van der Waals surface area contributed by atoms with E-state index in [4.69, 9.17) is 4.74 Å². The lowest BCUT2D eigenvalue weighted by molar-refractivity contribution is 0.0274. The van der Waals surface area contributed by atoms with Gasteiger partial charge >= 0.3 is 6.03 Å². The van der Waals surface area contributed by atoms with E-state index < -0.39 is 0 Å². The third kappa shape index (κ3) is 6.30. The molecular weight excluding hydrogens is 292 g/mol. The first-order valence-electron chi connectivity index (χ1n) is 9.44. The molecule has 23 heavy (non-hydrogen) atoms. The minimum absolute atomic E-state index is 0.0233. The van der Waals surface area contributed by atoms with Crippen molar-refractivity contribution in [3.63, 3.8) is 0 Å². The van der Waals surface area contributed by atoms with Gasteiger partial charge in [-0.25, -0.2) is 4.79 Å². The Bertz CT molecular complexity index is 337. The molecule has 0 bridgehead atoms.